The van der Waals surface area contributed by atoms with Crippen LogP contribution in [0.1, 0.15) is 13.3 Å². The molecule has 7 heteroatoms. The summed E-state index contributed by atoms with van der Waals surface area (Å²) in [5.41, 5.74) is 5.26. The number of halogens is 3. The Hall–Kier alpha value is -1.27. The maximum Gasteiger partial charge on any atom is 0.389 e. The van der Waals surface area contributed by atoms with E-state index in [4.69, 9.17) is 5.73 Å². The summed E-state index contributed by atoms with van der Waals surface area (Å²) in [6.07, 6.45) is -3.55. The molecule has 0 aliphatic heterocycles. The quantitative estimate of drug-likeness (QED) is 0.817. The van der Waals surface area contributed by atoms with Crippen molar-refractivity contribution in [2.45, 2.75) is 26.1 Å². The van der Waals surface area contributed by atoms with Gasteiger partial charge in [-0.25, -0.2) is 0 Å². The van der Waals surface area contributed by atoms with Gasteiger partial charge in [-0.05, 0) is 5.92 Å². The van der Waals surface area contributed by atoms with Crippen LogP contribution in [0.2, 0.25) is 0 Å². The molecule has 80 valence electrons. The van der Waals surface area contributed by atoms with Gasteiger partial charge < -0.3 is 5.73 Å². The van der Waals surface area contributed by atoms with E-state index in [1.54, 1.807) is 0 Å². The second-order valence-corrected chi connectivity index (χ2v) is 3.29. The molecule has 0 amide bonds. The normalized spacial score (nSPS) is 14.3. The summed E-state index contributed by atoms with van der Waals surface area (Å²) in [6.45, 7) is 1.68. The fraction of sp³-hybridized carbons (Fsp3) is 0.714. The minimum atomic E-state index is -4.13. The molecule has 2 N–H and O–H groups in total. The first-order chi connectivity index (χ1) is 6.37. The molecule has 0 aliphatic carbocycles. The third kappa shape index (κ3) is 3.63. The Morgan fingerprint density at radius 1 is 1.57 bits per heavy atom. The molecular weight excluding hydrogens is 197 g/mol. The molecule has 14 heavy (non-hydrogen) atoms. The van der Waals surface area contributed by atoms with Gasteiger partial charge in [-0.3, -0.25) is 4.68 Å². The fourth-order valence-electron chi connectivity index (χ4n) is 1.18. The summed E-state index contributed by atoms with van der Waals surface area (Å²) < 4.78 is 37.1. The highest BCUT2D eigenvalue weighted by atomic mass is 19.4. The van der Waals surface area contributed by atoms with Crippen LogP contribution in [0.25, 0.3) is 0 Å². The molecule has 0 bridgehead atoms. The second-order valence-electron chi connectivity index (χ2n) is 3.29. The van der Waals surface area contributed by atoms with Crippen LogP contribution in [0.4, 0.5) is 19.0 Å². The number of nitrogens with two attached hydrogens (primary N) is 1. The van der Waals surface area contributed by atoms with Crippen LogP contribution in [0.5, 0.6) is 0 Å². The maximum atomic E-state index is 11.9. The second kappa shape index (κ2) is 3.85. The van der Waals surface area contributed by atoms with E-state index in [2.05, 4.69) is 10.3 Å². The largest absolute Gasteiger partial charge is 0.389 e. The van der Waals surface area contributed by atoms with E-state index in [1.165, 1.54) is 17.8 Å². The Balaban J connectivity index is 2.45. The van der Waals surface area contributed by atoms with Crippen molar-refractivity contribution in [1.82, 2.24) is 15.0 Å². The van der Waals surface area contributed by atoms with Crippen LogP contribution in [0, 0.1) is 5.92 Å². The summed E-state index contributed by atoms with van der Waals surface area (Å²) in [4.78, 5) is 0. The van der Waals surface area contributed by atoms with Crippen LogP contribution in [-0.4, -0.2) is 21.2 Å². The Labute approximate surface area is 78.9 Å². The van der Waals surface area contributed by atoms with E-state index < -0.39 is 18.5 Å². The summed E-state index contributed by atoms with van der Waals surface area (Å²) in [5.74, 6) is -0.319. The minimum Gasteiger partial charge on any atom is -0.381 e. The number of rotatable bonds is 3. The summed E-state index contributed by atoms with van der Waals surface area (Å²) in [7, 11) is 0. The maximum absolute atomic E-state index is 11.9. The number of anilines is 1. The van der Waals surface area contributed by atoms with Crippen molar-refractivity contribution in [3.8, 4) is 0 Å². The Bertz CT molecular complexity index is 293. The number of nitrogens with zero attached hydrogens (tertiary/aromatic N) is 3. The fourth-order valence-corrected chi connectivity index (χ4v) is 1.18. The van der Waals surface area contributed by atoms with Gasteiger partial charge in [-0.15, -0.1) is 5.10 Å². The van der Waals surface area contributed by atoms with Crippen LogP contribution < -0.4 is 5.73 Å². The van der Waals surface area contributed by atoms with Crippen molar-refractivity contribution in [2.75, 3.05) is 5.73 Å². The molecule has 1 aromatic rings. The zero-order valence-corrected chi connectivity index (χ0v) is 7.62. The number of nitrogen functional groups attached to an aromatic ring is 1. The summed E-state index contributed by atoms with van der Waals surface area (Å²) in [5, 5.41) is 7.04. The third-order valence-electron chi connectivity index (χ3n) is 1.64. The zero-order valence-electron chi connectivity index (χ0n) is 7.62. The highest BCUT2D eigenvalue weighted by molar-refractivity contribution is 5.19. The predicted octanol–water partition coefficient (Wildman–Crippen LogP) is 1.45. The van der Waals surface area contributed by atoms with Crippen LogP contribution in [0.15, 0.2) is 6.20 Å². The van der Waals surface area contributed by atoms with Crippen molar-refractivity contribution < 1.29 is 13.2 Å². The van der Waals surface area contributed by atoms with Crippen molar-refractivity contribution >= 4 is 5.82 Å². The smallest absolute Gasteiger partial charge is 0.381 e. The van der Waals surface area contributed by atoms with Crippen molar-refractivity contribution in [3.05, 3.63) is 6.20 Å². The van der Waals surface area contributed by atoms with Crippen LogP contribution in [-0.2, 0) is 6.54 Å². The molecule has 0 aliphatic rings. The number of aromatic nitrogens is 3. The van der Waals surface area contributed by atoms with Crippen molar-refractivity contribution in [2.24, 2.45) is 5.92 Å². The lowest BCUT2D eigenvalue weighted by Crippen LogP contribution is -2.17. The third-order valence-corrected chi connectivity index (χ3v) is 1.64. The molecule has 0 fully saturated rings. The van der Waals surface area contributed by atoms with Crippen molar-refractivity contribution in [3.63, 3.8) is 0 Å². The van der Waals surface area contributed by atoms with E-state index in [1.807, 2.05) is 0 Å². The molecule has 1 atom stereocenters. The topological polar surface area (TPSA) is 56.7 Å². The monoisotopic (exact) mass is 208 g/mol. The Kier molecular flexibility index (Phi) is 2.97. The molecule has 0 radical (unpaired) electrons. The first-order valence-electron chi connectivity index (χ1n) is 4.09. The van der Waals surface area contributed by atoms with Gasteiger partial charge in [0.25, 0.3) is 0 Å². The van der Waals surface area contributed by atoms with E-state index in [0.717, 1.165) is 0 Å². The molecular formula is C7H11F3N4. The van der Waals surface area contributed by atoms with Gasteiger partial charge >= 0.3 is 6.18 Å². The predicted molar refractivity (Wildman–Crippen MR) is 44.3 cm³/mol. The summed E-state index contributed by atoms with van der Waals surface area (Å²) in [6, 6.07) is 0. The number of hydrogen-bond acceptors (Lipinski definition) is 3. The lowest BCUT2D eigenvalue weighted by molar-refractivity contribution is -0.144. The van der Waals surface area contributed by atoms with Gasteiger partial charge in [0, 0.05) is 13.0 Å². The van der Waals surface area contributed by atoms with Gasteiger partial charge in [0.05, 0.1) is 6.20 Å². The van der Waals surface area contributed by atoms with Crippen LogP contribution in [0.3, 0.4) is 0 Å². The Morgan fingerprint density at radius 3 is 2.64 bits per heavy atom. The van der Waals surface area contributed by atoms with Gasteiger partial charge in [0.15, 0.2) is 5.82 Å². The van der Waals surface area contributed by atoms with Gasteiger partial charge in [-0.2, -0.15) is 13.2 Å². The van der Waals surface area contributed by atoms with Crippen LogP contribution >= 0.6 is 0 Å². The number of hydrogen-bond donors (Lipinski definition) is 1. The zero-order chi connectivity index (χ0) is 10.8. The van der Waals surface area contributed by atoms with Crippen molar-refractivity contribution in [1.29, 1.82) is 0 Å². The molecule has 1 aromatic heterocycles. The molecule has 0 saturated carbocycles. The highest BCUT2D eigenvalue weighted by Crippen LogP contribution is 2.25. The minimum absolute atomic E-state index is 0.170. The molecule has 1 heterocycles. The molecule has 0 aromatic carbocycles. The molecule has 1 unspecified atom stereocenters. The number of alkyl halides is 3. The molecule has 4 nitrogen and oxygen atoms in total. The Morgan fingerprint density at radius 2 is 2.21 bits per heavy atom. The van der Waals surface area contributed by atoms with E-state index in [9.17, 15) is 13.2 Å². The first kappa shape index (κ1) is 10.8. The van der Waals surface area contributed by atoms with Gasteiger partial charge in [0.1, 0.15) is 0 Å². The average Bonchev–Trinajstić information content (AvgIpc) is 2.30. The van der Waals surface area contributed by atoms with Gasteiger partial charge in [-0.1, -0.05) is 12.1 Å². The SMILES string of the molecule is CC(Cn1cc(N)nn1)CC(F)(F)F. The average molecular weight is 208 g/mol. The molecule has 1 rings (SSSR count). The lowest BCUT2D eigenvalue weighted by atomic mass is 10.1. The van der Waals surface area contributed by atoms with E-state index in [-0.39, 0.29) is 12.4 Å². The van der Waals surface area contributed by atoms with Gasteiger partial charge in [0.2, 0.25) is 0 Å². The first-order valence-corrected chi connectivity index (χ1v) is 4.09. The van der Waals surface area contributed by atoms with E-state index >= 15 is 0 Å². The van der Waals surface area contributed by atoms with E-state index in [0.29, 0.717) is 0 Å². The standard InChI is InChI=1S/C7H11F3N4/c1-5(2-7(8,9)10)3-14-4-6(11)12-13-14/h4-5H,2-3,11H2,1H3. The highest BCUT2D eigenvalue weighted by Gasteiger charge is 2.30. The molecule has 0 spiro atoms. The molecule has 0 saturated heterocycles. The lowest BCUT2D eigenvalue weighted by Gasteiger charge is -2.12. The summed E-state index contributed by atoms with van der Waals surface area (Å²) >= 11 is 0.